The van der Waals surface area contributed by atoms with Crippen molar-refractivity contribution >= 4 is 0 Å². The van der Waals surface area contributed by atoms with E-state index in [9.17, 15) is 13.9 Å². The Kier molecular flexibility index (Phi) is 2.08. The minimum Gasteiger partial charge on any atom is -0.388 e. The van der Waals surface area contributed by atoms with Crippen molar-refractivity contribution in [2.24, 2.45) is 0 Å². The smallest absolute Gasteiger partial charge is 0.294 e. The Morgan fingerprint density at radius 3 is 2.57 bits per heavy atom. The van der Waals surface area contributed by atoms with Gasteiger partial charge in [-0.15, -0.1) is 0 Å². The predicted octanol–water partition coefficient (Wildman–Crippen LogP) is 0.490. The standard InChI is InChI=1S/C8H12F2O4/c1-7(2)13-5-4(11)3-12-8(5,14-7)6(9)10/h4-6,11H,3H2,1-2H3/t4-,5+,8-/m1/s1. The summed E-state index contributed by atoms with van der Waals surface area (Å²) in [6, 6.07) is 0. The summed E-state index contributed by atoms with van der Waals surface area (Å²) in [6.07, 6.45) is -5.02. The number of hydrogen-bond acceptors (Lipinski definition) is 4. The Hall–Kier alpha value is -0.300. The lowest BCUT2D eigenvalue weighted by atomic mass is 10.1. The van der Waals surface area contributed by atoms with Crippen LogP contribution in [-0.4, -0.2) is 41.9 Å². The van der Waals surface area contributed by atoms with Gasteiger partial charge in [0.2, 0.25) is 0 Å². The van der Waals surface area contributed by atoms with E-state index in [1.165, 1.54) is 13.8 Å². The lowest BCUT2D eigenvalue weighted by molar-refractivity contribution is -0.290. The number of alkyl halides is 2. The molecule has 0 aromatic heterocycles. The molecule has 82 valence electrons. The molecular weight excluding hydrogens is 198 g/mol. The number of ether oxygens (including phenoxy) is 3. The number of aliphatic hydroxyl groups excluding tert-OH is 1. The predicted molar refractivity (Wildman–Crippen MR) is 40.7 cm³/mol. The van der Waals surface area contributed by atoms with Crippen molar-refractivity contribution < 1.29 is 28.1 Å². The molecule has 0 aliphatic carbocycles. The van der Waals surface area contributed by atoms with E-state index in [1.807, 2.05) is 0 Å². The van der Waals surface area contributed by atoms with Gasteiger partial charge in [0.1, 0.15) is 12.2 Å². The van der Waals surface area contributed by atoms with E-state index in [4.69, 9.17) is 14.2 Å². The number of rotatable bonds is 1. The molecule has 2 aliphatic heterocycles. The second kappa shape index (κ2) is 2.85. The average Bonchev–Trinajstić information content (AvgIpc) is 2.47. The van der Waals surface area contributed by atoms with Gasteiger partial charge in [0.15, 0.2) is 5.79 Å². The van der Waals surface area contributed by atoms with Gasteiger partial charge in [0.25, 0.3) is 12.2 Å². The Labute approximate surface area is 79.7 Å². The Balaban J connectivity index is 2.29. The molecule has 3 atom stereocenters. The van der Waals surface area contributed by atoms with Crippen LogP contribution in [0.3, 0.4) is 0 Å². The van der Waals surface area contributed by atoms with Crippen LogP contribution in [-0.2, 0) is 14.2 Å². The van der Waals surface area contributed by atoms with Gasteiger partial charge >= 0.3 is 0 Å². The highest BCUT2D eigenvalue weighted by Crippen LogP contribution is 2.46. The first kappa shape index (κ1) is 10.2. The highest BCUT2D eigenvalue weighted by atomic mass is 19.3. The van der Waals surface area contributed by atoms with Crippen LogP contribution >= 0.6 is 0 Å². The number of halogens is 2. The molecule has 1 N–H and O–H groups in total. The van der Waals surface area contributed by atoms with Gasteiger partial charge in [-0.2, -0.15) is 0 Å². The Morgan fingerprint density at radius 1 is 1.43 bits per heavy atom. The average molecular weight is 210 g/mol. The highest BCUT2D eigenvalue weighted by Gasteiger charge is 2.66. The van der Waals surface area contributed by atoms with Crippen molar-refractivity contribution in [3.8, 4) is 0 Å². The topological polar surface area (TPSA) is 47.9 Å². The molecule has 2 fully saturated rings. The van der Waals surface area contributed by atoms with E-state index in [2.05, 4.69) is 0 Å². The molecule has 2 heterocycles. The zero-order chi connectivity index (χ0) is 10.6. The summed E-state index contributed by atoms with van der Waals surface area (Å²) in [7, 11) is 0. The van der Waals surface area contributed by atoms with Gasteiger partial charge in [0.05, 0.1) is 6.61 Å². The molecule has 0 aromatic rings. The zero-order valence-electron chi connectivity index (χ0n) is 7.87. The molecule has 14 heavy (non-hydrogen) atoms. The number of hydrogen-bond donors (Lipinski definition) is 1. The summed E-state index contributed by atoms with van der Waals surface area (Å²) in [5, 5.41) is 9.38. The minimum atomic E-state index is -2.84. The molecule has 0 spiro atoms. The van der Waals surface area contributed by atoms with Gasteiger partial charge in [0, 0.05) is 0 Å². The fraction of sp³-hybridized carbons (Fsp3) is 1.00. The largest absolute Gasteiger partial charge is 0.388 e. The molecule has 0 amide bonds. The normalized spacial score (nSPS) is 45.9. The third-order valence-electron chi connectivity index (χ3n) is 2.35. The van der Waals surface area contributed by atoms with Crippen LogP contribution in [0, 0.1) is 0 Å². The minimum absolute atomic E-state index is 0.189. The second-order valence-electron chi connectivity index (χ2n) is 3.94. The molecular formula is C8H12F2O4. The maximum atomic E-state index is 12.8. The van der Waals surface area contributed by atoms with E-state index < -0.39 is 30.2 Å². The van der Waals surface area contributed by atoms with Gasteiger partial charge in [-0.25, -0.2) is 8.78 Å². The van der Waals surface area contributed by atoms with E-state index in [0.29, 0.717) is 0 Å². The van der Waals surface area contributed by atoms with Crippen molar-refractivity contribution in [3.63, 3.8) is 0 Å². The van der Waals surface area contributed by atoms with Gasteiger partial charge in [-0.3, -0.25) is 0 Å². The van der Waals surface area contributed by atoms with E-state index >= 15 is 0 Å². The summed E-state index contributed by atoms with van der Waals surface area (Å²) in [4.78, 5) is 0. The first-order valence-corrected chi connectivity index (χ1v) is 4.35. The molecule has 0 saturated carbocycles. The molecule has 4 nitrogen and oxygen atoms in total. The van der Waals surface area contributed by atoms with Crippen LogP contribution in [0.25, 0.3) is 0 Å². The lowest BCUT2D eigenvalue weighted by Crippen LogP contribution is -2.47. The summed E-state index contributed by atoms with van der Waals surface area (Å²) < 4.78 is 40.6. The zero-order valence-corrected chi connectivity index (χ0v) is 7.87. The quantitative estimate of drug-likeness (QED) is 0.684. The van der Waals surface area contributed by atoms with E-state index in [1.54, 1.807) is 0 Å². The summed E-state index contributed by atoms with van der Waals surface area (Å²) >= 11 is 0. The van der Waals surface area contributed by atoms with Crippen molar-refractivity contribution in [1.82, 2.24) is 0 Å². The van der Waals surface area contributed by atoms with Crippen LogP contribution in [0.1, 0.15) is 13.8 Å². The first-order valence-electron chi connectivity index (χ1n) is 4.35. The lowest BCUT2D eigenvalue weighted by Gasteiger charge is -2.25. The SMILES string of the molecule is CC1(C)O[C@H]2[C@H](O)CO[C@@]2(C(F)F)O1. The van der Waals surface area contributed by atoms with Crippen molar-refractivity contribution in [1.29, 1.82) is 0 Å². The van der Waals surface area contributed by atoms with Crippen LogP contribution in [0.15, 0.2) is 0 Å². The third-order valence-corrected chi connectivity index (χ3v) is 2.35. The van der Waals surface area contributed by atoms with Crippen molar-refractivity contribution in [2.75, 3.05) is 6.61 Å². The van der Waals surface area contributed by atoms with Crippen LogP contribution in [0.4, 0.5) is 8.78 Å². The molecule has 0 radical (unpaired) electrons. The monoisotopic (exact) mass is 210 g/mol. The number of fused-ring (bicyclic) bond motifs is 1. The maximum Gasteiger partial charge on any atom is 0.294 e. The van der Waals surface area contributed by atoms with Crippen LogP contribution in [0.2, 0.25) is 0 Å². The van der Waals surface area contributed by atoms with Crippen molar-refractivity contribution in [2.45, 2.75) is 44.1 Å². The Bertz CT molecular complexity index is 245. The van der Waals surface area contributed by atoms with Gasteiger partial charge in [-0.1, -0.05) is 0 Å². The maximum absolute atomic E-state index is 12.8. The van der Waals surface area contributed by atoms with E-state index in [0.717, 1.165) is 0 Å². The number of aliphatic hydroxyl groups is 1. The summed E-state index contributed by atoms with van der Waals surface area (Å²) in [6.45, 7) is 2.82. The van der Waals surface area contributed by atoms with E-state index in [-0.39, 0.29) is 6.61 Å². The molecule has 2 aliphatic rings. The second-order valence-corrected chi connectivity index (χ2v) is 3.94. The van der Waals surface area contributed by atoms with Crippen LogP contribution in [0.5, 0.6) is 0 Å². The Morgan fingerprint density at radius 2 is 2.07 bits per heavy atom. The van der Waals surface area contributed by atoms with Crippen LogP contribution < -0.4 is 0 Å². The molecule has 0 unspecified atom stereocenters. The summed E-state index contributed by atoms with van der Waals surface area (Å²) in [5.74, 6) is -3.24. The highest BCUT2D eigenvalue weighted by molar-refractivity contribution is 4.99. The van der Waals surface area contributed by atoms with Crippen molar-refractivity contribution in [3.05, 3.63) is 0 Å². The molecule has 0 aromatic carbocycles. The first-order chi connectivity index (χ1) is 6.37. The summed E-state index contributed by atoms with van der Waals surface area (Å²) in [5.41, 5.74) is 0. The molecule has 0 bridgehead atoms. The fourth-order valence-electron chi connectivity index (χ4n) is 1.85. The fourth-order valence-corrected chi connectivity index (χ4v) is 1.85. The molecule has 2 rings (SSSR count). The van der Waals surface area contributed by atoms with Gasteiger partial charge < -0.3 is 19.3 Å². The molecule has 2 saturated heterocycles. The molecule has 6 heteroatoms. The van der Waals surface area contributed by atoms with Gasteiger partial charge in [-0.05, 0) is 13.8 Å². The third kappa shape index (κ3) is 1.25.